The Hall–Kier alpha value is -3.25. The molecular weight excluding hydrogens is 561 g/mol. The number of esters is 1. The van der Waals surface area contributed by atoms with Gasteiger partial charge in [-0.3, -0.25) is 13.9 Å². The first-order chi connectivity index (χ1) is 19.8. The van der Waals surface area contributed by atoms with Crippen LogP contribution in [-0.2, 0) is 23.4 Å². The summed E-state index contributed by atoms with van der Waals surface area (Å²) in [7, 11) is -2.03. The molecule has 3 aromatic rings. The number of para-hydroxylation sites is 1. The number of nitrogens with zero attached hydrogens (tertiary/aromatic N) is 5. The highest BCUT2D eigenvalue weighted by molar-refractivity contribution is 7.52. The average molecular weight is 602 g/mol. The molecule has 2 aromatic heterocycles. The number of hydrogen-bond acceptors (Lipinski definition) is 11. The van der Waals surface area contributed by atoms with Crippen molar-refractivity contribution in [3.05, 3.63) is 36.7 Å². The topological polar surface area (TPSA) is 156 Å². The quantitative estimate of drug-likeness (QED) is 0.222. The second kappa shape index (κ2) is 11.8. The summed E-state index contributed by atoms with van der Waals surface area (Å²) in [6, 6.07) is 8.12. The summed E-state index contributed by atoms with van der Waals surface area (Å²) < 4.78 is 39.2. The first kappa shape index (κ1) is 30.2. The molecule has 1 saturated heterocycles. The van der Waals surface area contributed by atoms with Crippen molar-refractivity contribution in [3.8, 4) is 5.75 Å². The number of aromatic nitrogens is 4. The third kappa shape index (κ3) is 6.70. The van der Waals surface area contributed by atoms with E-state index in [1.807, 2.05) is 17.7 Å². The Morgan fingerprint density at radius 3 is 2.62 bits per heavy atom. The Morgan fingerprint density at radius 2 is 1.95 bits per heavy atom. The van der Waals surface area contributed by atoms with Crippen LogP contribution >= 0.6 is 7.75 Å². The van der Waals surface area contributed by atoms with Crippen LogP contribution in [0.5, 0.6) is 5.75 Å². The van der Waals surface area contributed by atoms with Crippen molar-refractivity contribution in [2.45, 2.75) is 84.4 Å². The van der Waals surface area contributed by atoms with Crippen LogP contribution < -0.4 is 20.2 Å². The van der Waals surface area contributed by atoms with E-state index in [-0.39, 0.29) is 24.1 Å². The summed E-state index contributed by atoms with van der Waals surface area (Å²) >= 11 is 0. The van der Waals surface area contributed by atoms with Gasteiger partial charge in [0, 0.05) is 18.5 Å². The lowest BCUT2D eigenvalue weighted by molar-refractivity contribution is -0.149. The summed E-state index contributed by atoms with van der Waals surface area (Å²) in [6.45, 7) is 9.14. The molecule has 13 nitrogen and oxygen atoms in total. The van der Waals surface area contributed by atoms with Gasteiger partial charge in [-0.1, -0.05) is 32.0 Å². The number of nitrogens with one attached hydrogen (secondary N) is 1. The highest BCUT2D eigenvalue weighted by atomic mass is 31.2. The first-order valence-corrected chi connectivity index (χ1v) is 15.8. The highest BCUT2D eigenvalue weighted by Gasteiger charge is 2.45. The van der Waals surface area contributed by atoms with Crippen LogP contribution in [0.15, 0.2) is 36.7 Å². The molecule has 1 unspecified atom stereocenters. The van der Waals surface area contributed by atoms with E-state index in [9.17, 15) is 9.36 Å². The highest BCUT2D eigenvalue weighted by Crippen LogP contribution is 2.49. The average Bonchev–Trinajstić information content (AvgIpc) is 3.62. The molecule has 0 bridgehead atoms. The predicted molar refractivity (Wildman–Crippen MR) is 158 cm³/mol. The number of hydrogen-bond donors (Lipinski definition) is 2. The molecule has 2 fully saturated rings. The molecule has 1 aliphatic heterocycles. The van der Waals surface area contributed by atoms with E-state index >= 15 is 0 Å². The minimum absolute atomic E-state index is 0.0532. The van der Waals surface area contributed by atoms with E-state index in [2.05, 4.69) is 38.8 Å². The van der Waals surface area contributed by atoms with Gasteiger partial charge in [-0.05, 0) is 52.2 Å². The van der Waals surface area contributed by atoms with E-state index in [4.69, 9.17) is 24.3 Å². The summed E-state index contributed by atoms with van der Waals surface area (Å²) in [5.41, 5.74) is 6.99. The minimum Gasteiger partial charge on any atom is -0.462 e. The van der Waals surface area contributed by atoms with E-state index in [0.717, 1.165) is 12.8 Å². The molecule has 4 atom stereocenters. The third-order valence-corrected chi connectivity index (χ3v) is 8.95. The zero-order chi connectivity index (χ0) is 30.2. The monoisotopic (exact) mass is 601 g/mol. The Morgan fingerprint density at radius 1 is 1.24 bits per heavy atom. The molecule has 2 aliphatic rings. The first-order valence-electron chi connectivity index (χ1n) is 14.2. The fourth-order valence-electron chi connectivity index (χ4n) is 5.13. The van der Waals surface area contributed by atoms with Crippen LogP contribution in [0, 0.1) is 5.41 Å². The van der Waals surface area contributed by atoms with Gasteiger partial charge in [0.2, 0.25) is 5.95 Å². The lowest BCUT2D eigenvalue weighted by Crippen LogP contribution is -2.36. The molecule has 5 rings (SSSR count). The van der Waals surface area contributed by atoms with Gasteiger partial charge in [0.25, 0.3) is 0 Å². The van der Waals surface area contributed by atoms with E-state index in [0.29, 0.717) is 35.2 Å². The van der Waals surface area contributed by atoms with Crippen molar-refractivity contribution in [1.29, 1.82) is 0 Å². The van der Waals surface area contributed by atoms with Crippen LogP contribution in [0.25, 0.3) is 11.2 Å². The van der Waals surface area contributed by atoms with Gasteiger partial charge in [0.1, 0.15) is 18.0 Å². The number of carbonyl (C=O) groups excluding carboxylic acids is 1. The second-order valence-electron chi connectivity index (χ2n) is 11.9. The normalized spacial score (nSPS) is 22.2. The smallest absolute Gasteiger partial charge is 0.459 e. The Kier molecular flexibility index (Phi) is 8.48. The van der Waals surface area contributed by atoms with Gasteiger partial charge in [-0.2, -0.15) is 15.1 Å². The summed E-state index contributed by atoms with van der Waals surface area (Å²) in [5, 5.41) is 2.72. The molecule has 1 aliphatic carbocycles. The van der Waals surface area contributed by atoms with Gasteiger partial charge in [-0.15, -0.1) is 0 Å². The van der Waals surface area contributed by atoms with Gasteiger partial charge in [0.05, 0.1) is 25.1 Å². The van der Waals surface area contributed by atoms with Gasteiger partial charge < -0.3 is 24.6 Å². The van der Waals surface area contributed by atoms with Crippen molar-refractivity contribution in [3.63, 3.8) is 0 Å². The lowest BCUT2D eigenvalue weighted by atomic mass is 9.87. The lowest BCUT2D eigenvalue weighted by Gasteiger charge is -2.26. The molecule has 0 spiro atoms. The maximum Gasteiger partial charge on any atom is 0.459 e. The van der Waals surface area contributed by atoms with Gasteiger partial charge in [0.15, 0.2) is 17.0 Å². The maximum atomic E-state index is 13.9. The second-order valence-corrected chi connectivity index (χ2v) is 13.6. The Labute approximate surface area is 245 Å². The number of rotatable bonds is 12. The Balaban J connectivity index is 1.34. The predicted octanol–water partition coefficient (Wildman–Crippen LogP) is 4.45. The van der Waals surface area contributed by atoms with Crippen molar-refractivity contribution >= 4 is 36.6 Å². The molecule has 228 valence electrons. The van der Waals surface area contributed by atoms with E-state index in [1.54, 1.807) is 51.4 Å². The number of anilines is 2. The van der Waals surface area contributed by atoms with Crippen molar-refractivity contribution in [1.82, 2.24) is 24.6 Å². The molecule has 3 N–H and O–H groups in total. The number of benzene rings is 1. The molecule has 42 heavy (non-hydrogen) atoms. The molecule has 0 amide bonds. The summed E-state index contributed by atoms with van der Waals surface area (Å²) in [6.07, 6.45) is 3.28. The molecule has 1 aromatic carbocycles. The van der Waals surface area contributed by atoms with Crippen LogP contribution in [0.1, 0.15) is 60.1 Å². The fourth-order valence-corrected chi connectivity index (χ4v) is 6.65. The molecular formula is C28H40N7O6P. The molecule has 3 heterocycles. The zero-order valence-corrected chi connectivity index (χ0v) is 25.8. The van der Waals surface area contributed by atoms with Gasteiger partial charge >= 0.3 is 13.7 Å². The maximum absolute atomic E-state index is 13.9. The third-order valence-electron chi connectivity index (χ3n) is 7.30. The van der Waals surface area contributed by atoms with Crippen LogP contribution in [0.3, 0.4) is 0 Å². The zero-order valence-electron chi connectivity index (χ0n) is 24.9. The van der Waals surface area contributed by atoms with Crippen molar-refractivity contribution < 1.29 is 27.9 Å². The summed E-state index contributed by atoms with van der Waals surface area (Å²) in [5.74, 6) is 0.628. The number of nitrogens with two attached hydrogens (primary N) is 1. The van der Waals surface area contributed by atoms with E-state index in [1.165, 1.54) is 0 Å². The Bertz CT molecular complexity index is 1460. The van der Waals surface area contributed by atoms with E-state index < -0.39 is 32.1 Å². The van der Waals surface area contributed by atoms with Crippen LogP contribution in [-0.4, -0.2) is 63.4 Å². The fraction of sp³-hybridized carbons (Fsp3) is 0.571. The van der Waals surface area contributed by atoms with Crippen molar-refractivity contribution in [2.24, 2.45) is 5.41 Å². The molecule has 0 radical (unpaired) electrons. The standard InChI is InChI=1S/C28H40N7O6P/c1-17(2)39-25(36)18(3)33-42(37,41-20-10-8-7-9-11-20)38-15-21-14-28(4,5)26(40-21)35-16-30-22-23(34(6)19-12-13-19)31-27(29)32-24(22)35/h7-11,16-19,21,26H,12-15H2,1-6H3,(H,33,37)(H2,29,31,32)/t18-,21+,26-,42?/m1/s1. The molecule has 1 saturated carbocycles. The molecule has 14 heteroatoms. The number of imidazole rings is 1. The van der Waals surface area contributed by atoms with Crippen molar-refractivity contribution in [2.75, 3.05) is 24.3 Å². The number of fused-ring (bicyclic) bond motifs is 1. The summed E-state index contributed by atoms with van der Waals surface area (Å²) in [4.78, 5) is 28.2. The number of ether oxygens (including phenoxy) is 2. The number of carbonyl (C=O) groups is 1. The van der Waals surface area contributed by atoms with Crippen LogP contribution in [0.4, 0.5) is 11.8 Å². The largest absolute Gasteiger partial charge is 0.462 e. The minimum atomic E-state index is -4.03. The van der Waals surface area contributed by atoms with Gasteiger partial charge in [-0.25, -0.2) is 9.55 Å². The van der Waals surface area contributed by atoms with Crippen LogP contribution in [0.2, 0.25) is 0 Å². The number of nitrogen functional groups attached to an aromatic ring is 1. The SMILES string of the molecule is CC(C)OC(=O)[C@@H](C)NP(=O)(OC[C@@H]1CC(C)(C)[C@H](n2cnc3c(N(C)C4CC4)nc(N)nc32)O1)Oc1ccccc1.